The van der Waals surface area contributed by atoms with Crippen LogP contribution in [0.3, 0.4) is 0 Å². The number of azide groups is 1. The Morgan fingerprint density at radius 3 is 2.50 bits per heavy atom. The molecule has 1 heterocycles. The van der Waals surface area contributed by atoms with Crippen molar-refractivity contribution in [1.29, 1.82) is 0 Å². The number of likely N-dealkylation sites (tertiary alicyclic amines) is 1. The van der Waals surface area contributed by atoms with Gasteiger partial charge in [-0.25, -0.2) is 0 Å². The van der Waals surface area contributed by atoms with Crippen molar-refractivity contribution >= 4 is 0 Å². The summed E-state index contributed by atoms with van der Waals surface area (Å²) in [4.78, 5) is 5.00. The molecule has 0 amide bonds. The van der Waals surface area contributed by atoms with Gasteiger partial charge >= 0.3 is 0 Å². The van der Waals surface area contributed by atoms with E-state index in [2.05, 4.69) is 28.8 Å². The van der Waals surface area contributed by atoms with Gasteiger partial charge in [0.25, 0.3) is 0 Å². The molecule has 1 N–H and O–H groups in total. The smallest absolute Gasteiger partial charge is 0.0728 e. The molecule has 1 fully saturated rings. The molecule has 0 aliphatic carbocycles. The van der Waals surface area contributed by atoms with E-state index in [1.807, 2.05) is 0 Å². The van der Waals surface area contributed by atoms with Gasteiger partial charge in [0.15, 0.2) is 0 Å². The maximum Gasteiger partial charge on any atom is 0.0728 e. The molecule has 0 bridgehead atoms. The van der Waals surface area contributed by atoms with E-state index in [1.54, 1.807) is 0 Å². The van der Waals surface area contributed by atoms with Crippen LogP contribution < -0.4 is 0 Å². The van der Waals surface area contributed by atoms with Gasteiger partial charge in [-0.05, 0) is 32.2 Å². The molecule has 1 aliphatic rings. The lowest BCUT2D eigenvalue weighted by Gasteiger charge is -2.39. The van der Waals surface area contributed by atoms with Crippen LogP contribution in [0.1, 0.15) is 26.7 Å². The van der Waals surface area contributed by atoms with Gasteiger partial charge in [-0.3, -0.25) is 0 Å². The maximum absolute atomic E-state index is 10.0. The van der Waals surface area contributed by atoms with Crippen LogP contribution in [0.4, 0.5) is 0 Å². The number of hydrogen-bond acceptors (Lipinski definition) is 3. The Kier molecular flexibility index (Phi) is 3.75. The fourth-order valence-electron chi connectivity index (χ4n) is 1.78. The quantitative estimate of drug-likeness (QED) is 0.424. The summed E-state index contributed by atoms with van der Waals surface area (Å²) >= 11 is 0. The molecule has 5 heteroatoms. The van der Waals surface area contributed by atoms with Gasteiger partial charge in [0.2, 0.25) is 0 Å². The zero-order valence-corrected chi connectivity index (χ0v) is 8.85. The monoisotopic (exact) mass is 198 g/mol. The minimum absolute atomic E-state index is 0.204. The first-order valence-corrected chi connectivity index (χ1v) is 5.05. The third-order valence-corrected chi connectivity index (χ3v) is 2.89. The first kappa shape index (κ1) is 11.3. The molecule has 1 aliphatic heterocycles. The van der Waals surface area contributed by atoms with Crippen LogP contribution >= 0.6 is 0 Å². The molecular weight excluding hydrogens is 180 g/mol. The fourth-order valence-corrected chi connectivity index (χ4v) is 1.78. The zero-order valence-electron chi connectivity index (χ0n) is 8.85. The predicted octanol–water partition coefficient (Wildman–Crippen LogP) is 1.53. The van der Waals surface area contributed by atoms with Crippen LogP contribution in [0.2, 0.25) is 0 Å². The molecule has 1 rings (SSSR count). The van der Waals surface area contributed by atoms with Crippen LogP contribution in [0.15, 0.2) is 5.11 Å². The summed E-state index contributed by atoms with van der Waals surface area (Å²) in [6.45, 7) is 6.27. The maximum atomic E-state index is 10.0. The first-order chi connectivity index (χ1) is 6.57. The molecule has 0 aromatic rings. The van der Waals surface area contributed by atoms with Gasteiger partial charge in [0.05, 0.1) is 12.1 Å². The highest BCUT2D eigenvalue weighted by Gasteiger charge is 2.32. The fraction of sp³-hybridized carbons (Fsp3) is 1.00. The topological polar surface area (TPSA) is 72.2 Å². The van der Waals surface area contributed by atoms with E-state index in [0.29, 0.717) is 18.9 Å². The Bertz CT molecular complexity index is 227. The molecule has 0 aromatic heterocycles. The Labute approximate surface area is 84.3 Å². The second kappa shape index (κ2) is 4.64. The Morgan fingerprint density at radius 1 is 1.50 bits per heavy atom. The third-order valence-electron chi connectivity index (χ3n) is 2.89. The van der Waals surface area contributed by atoms with Gasteiger partial charge in [0.1, 0.15) is 0 Å². The average Bonchev–Trinajstić information content (AvgIpc) is 2.16. The molecule has 80 valence electrons. The van der Waals surface area contributed by atoms with E-state index in [4.69, 9.17) is 5.53 Å². The van der Waals surface area contributed by atoms with E-state index >= 15 is 0 Å². The molecule has 0 saturated carbocycles. The summed E-state index contributed by atoms with van der Waals surface area (Å²) < 4.78 is 0. The van der Waals surface area contributed by atoms with Crippen molar-refractivity contribution in [2.24, 2.45) is 5.11 Å². The standard InChI is InChI=1S/C9H18N4O/c1-8(2)13-5-3-9(14,4-6-13)7-11-12-10/h8,14H,3-7H2,1-2H3. The average molecular weight is 198 g/mol. The largest absolute Gasteiger partial charge is 0.390 e. The summed E-state index contributed by atoms with van der Waals surface area (Å²) in [6, 6.07) is 0.527. The molecule has 14 heavy (non-hydrogen) atoms. The van der Waals surface area contributed by atoms with Crippen LogP contribution in [0.5, 0.6) is 0 Å². The van der Waals surface area contributed by atoms with Gasteiger partial charge < -0.3 is 10.0 Å². The Balaban J connectivity index is 2.44. The molecule has 0 radical (unpaired) electrons. The lowest BCUT2D eigenvalue weighted by Crippen LogP contribution is -2.48. The summed E-state index contributed by atoms with van der Waals surface area (Å²) in [5.41, 5.74) is 7.42. The minimum atomic E-state index is -0.766. The molecular formula is C9H18N4O. The van der Waals surface area contributed by atoms with E-state index in [9.17, 15) is 5.11 Å². The number of hydrogen-bond donors (Lipinski definition) is 1. The molecule has 0 spiro atoms. The molecule has 1 saturated heterocycles. The summed E-state index contributed by atoms with van der Waals surface area (Å²) in [5.74, 6) is 0. The zero-order chi connectivity index (χ0) is 10.6. The Hall–Kier alpha value is -0.770. The van der Waals surface area contributed by atoms with Crippen molar-refractivity contribution in [2.45, 2.75) is 38.3 Å². The summed E-state index contributed by atoms with van der Waals surface area (Å²) in [6.07, 6.45) is 1.40. The van der Waals surface area contributed by atoms with E-state index in [1.165, 1.54) is 0 Å². The highest BCUT2D eigenvalue weighted by Crippen LogP contribution is 2.23. The highest BCUT2D eigenvalue weighted by molar-refractivity contribution is 4.88. The number of aliphatic hydroxyl groups is 1. The third kappa shape index (κ3) is 2.87. The number of piperidine rings is 1. The van der Waals surface area contributed by atoms with Crippen molar-refractivity contribution in [3.63, 3.8) is 0 Å². The lowest BCUT2D eigenvalue weighted by atomic mass is 9.91. The molecule has 5 nitrogen and oxygen atoms in total. The summed E-state index contributed by atoms with van der Waals surface area (Å²) in [7, 11) is 0. The van der Waals surface area contributed by atoms with Crippen LogP contribution in [0, 0.1) is 0 Å². The second-order valence-corrected chi connectivity index (χ2v) is 4.24. The SMILES string of the molecule is CC(C)N1CCC(O)(CN=[N+]=[N-])CC1. The highest BCUT2D eigenvalue weighted by atomic mass is 16.3. The van der Waals surface area contributed by atoms with Crippen LogP contribution in [-0.4, -0.2) is 41.3 Å². The minimum Gasteiger partial charge on any atom is -0.390 e. The predicted molar refractivity (Wildman–Crippen MR) is 54.9 cm³/mol. The molecule has 0 aromatic carbocycles. The van der Waals surface area contributed by atoms with E-state index in [-0.39, 0.29) is 6.54 Å². The van der Waals surface area contributed by atoms with Gasteiger partial charge in [-0.15, -0.1) is 0 Å². The molecule has 0 unspecified atom stereocenters. The molecule has 0 atom stereocenters. The first-order valence-electron chi connectivity index (χ1n) is 5.05. The van der Waals surface area contributed by atoms with Crippen molar-refractivity contribution in [2.75, 3.05) is 19.6 Å². The van der Waals surface area contributed by atoms with E-state index < -0.39 is 5.60 Å². The van der Waals surface area contributed by atoms with Crippen LogP contribution in [-0.2, 0) is 0 Å². The van der Waals surface area contributed by atoms with Crippen molar-refractivity contribution in [3.05, 3.63) is 10.4 Å². The van der Waals surface area contributed by atoms with Crippen molar-refractivity contribution in [1.82, 2.24) is 4.90 Å². The van der Waals surface area contributed by atoms with E-state index in [0.717, 1.165) is 13.1 Å². The number of nitrogens with zero attached hydrogens (tertiary/aromatic N) is 4. The number of rotatable bonds is 3. The second-order valence-electron chi connectivity index (χ2n) is 4.24. The lowest BCUT2D eigenvalue weighted by molar-refractivity contribution is -0.0201. The van der Waals surface area contributed by atoms with Crippen LogP contribution in [0.25, 0.3) is 10.4 Å². The normalized spacial score (nSPS) is 22.0. The van der Waals surface area contributed by atoms with Crippen molar-refractivity contribution < 1.29 is 5.11 Å². The van der Waals surface area contributed by atoms with Crippen molar-refractivity contribution in [3.8, 4) is 0 Å². The van der Waals surface area contributed by atoms with Gasteiger partial charge in [0, 0.05) is 24.0 Å². The Morgan fingerprint density at radius 2 is 2.07 bits per heavy atom. The summed E-state index contributed by atoms with van der Waals surface area (Å²) in [5, 5.41) is 13.5. The van der Waals surface area contributed by atoms with Gasteiger partial charge in [-0.2, -0.15) is 0 Å². The van der Waals surface area contributed by atoms with Gasteiger partial charge in [-0.1, -0.05) is 5.11 Å².